The van der Waals surface area contributed by atoms with E-state index in [2.05, 4.69) is 10.3 Å². The summed E-state index contributed by atoms with van der Waals surface area (Å²) in [6.45, 7) is 1.03. The van der Waals surface area contributed by atoms with Gasteiger partial charge in [0.05, 0.1) is 10.2 Å². The highest BCUT2D eigenvalue weighted by Gasteiger charge is 2.29. The van der Waals surface area contributed by atoms with Crippen LogP contribution in [0, 0.1) is 0 Å². The summed E-state index contributed by atoms with van der Waals surface area (Å²) in [6, 6.07) is 16.4. The van der Waals surface area contributed by atoms with Crippen LogP contribution in [0.5, 0.6) is 11.5 Å². The molecule has 0 unspecified atom stereocenters. The number of nitrogens with zero attached hydrogens (tertiary/aromatic N) is 3. The number of hydrogen-bond donors (Lipinski definition) is 1. The van der Waals surface area contributed by atoms with E-state index >= 15 is 0 Å². The minimum Gasteiger partial charge on any atom is -0.457 e. The van der Waals surface area contributed by atoms with Crippen molar-refractivity contribution in [3.05, 3.63) is 66.5 Å². The number of para-hydroxylation sites is 1. The van der Waals surface area contributed by atoms with Crippen LogP contribution < -0.4 is 10.1 Å². The zero-order valence-corrected chi connectivity index (χ0v) is 19.5. The van der Waals surface area contributed by atoms with Gasteiger partial charge in [-0.2, -0.15) is 4.31 Å². The van der Waals surface area contributed by atoms with Gasteiger partial charge in [0.25, 0.3) is 5.91 Å². The molecule has 8 nitrogen and oxygen atoms in total. The van der Waals surface area contributed by atoms with Crippen LogP contribution in [0.3, 0.4) is 0 Å². The number of fused-ring (bicyclic) bond motifs is 1. The van der Waals surface area contributed by atoms with Gasteiger partial charge < -0.3 is 9.30 Å². The minimum absolute atomic E-state index is 0.129. The maximum absolute atomic E-state index is 12.9. The summed E-state index contributed by atoms with van der Waals surface area (Å²) in [7, 11) is -1.94. The molecule has 2 aromatic carbocycles. The molecule has 0 radical (unpaired) electrons. The Morgan fingerprint density at radius 2 is 1.82 bits per heavy atom. The summed E-state index contributed by atoms with van der Waals surface area (Å²) in [5, 5.41) is 3.22. The van der Waals surface area contributed by atoms with Crippen molar-refractivity contribution in [1.29, 1.82) is 0 Å². The van der Waals surface area contributed by atoms with Gasteiger partial charge in [-0.05, 0) is 43.2 Å². The van der Waals surface area contributed by atoms with Crippen molar-refractivity contribution in [2.45, 2.75) is 17.7 Å². The van der Waals surface area contributed by atoms with Crippen LogP contribution >= 0.6 is 11.3 Å². The first kappa shape index (κ1) is 21.6. The van der Waals surface area contributed by atoms with Gasteiger partial charge in [-0.1, -0.05) is 29.5 Å². The number of sulfonamides is 1. The number of carbonyl (C=O) groups excluding carboxylic acids is 1. The lowest BCUT2D eigenvalue weighted by atomic mass is 10.3. The zero-order valence-electron chi connectivity index (χ0n) is 17.9. The fourth-order valence-corrected chi connectivity index (χ4v) is 6.26. The number of benzene rings is 2. The molecule has 1 aliphatic heterocycles. The van der Waals surface area contributed by atoms with Crippen LogP contribution in [-0.4, -0.2) is 41.3 Å². The quantitative estimate of drug-likeness (QED) is 0.438. The van der Waals surface area contributed by atoms with Crippen LogP contribution in [-0.2, 0) is 17.1 Å². The third-order valence-electron chi connectivity index (χ3n) is 5.47. The number of aromatic nitrogens is 2. The number of carbonyl (C=O) groups is 1. The predicted molar refractivity (Wildman–Crippen MR) is 127 cm³/mol. The van der Waals surface area contributed by atoms with Crippen LogP contribution in [0.15, 0.2) is 65.7 Å². The molecule has 33 heavy (non-hydrogen) atoms. The van der Waals surface area contributed by atoms with E-state index in [-0.39, 0.29) is 10.6 Å². The molecule has 1 aliphatic rings. The molecule has 0 spiro atoms. The Morgan fingerprint density at radius 1 is 1.06 bits per heavy atom. The molecule has 170 valence electrons. The van der Waals surface area contributed by atoms with Crippen molar-refractivity contribution < 1.29 is 17.9 Å². The SMILES string of the molecule is Cn1cc(S(=O)(=O)N2CCCC2)cc1C(=O)Nc1nc2ccc(Oc3ccccc3)cc2s1. The van der Waals surface area contributed by atoms with Gasteiger partial charge in [0, 0.05) is 32.4 Å². The number of anilines is 1. The monoisotopic (exact) mass is 482 g/mol. The molecule has 4 aromatic rings. The maximum atomic E-state index is 12.9. The number of aryl methyl sites for hydroxylation is 1. The first-order chi connectivity index (χ1) is 15.9. The Kier molecular flexibility index (Phi) is 5.65. The first-order valence-corrected chi connectivity index (χ1v) is 12.8. The topological polar surface area (TPSA) is 93.5 Å². The van der Waals surface area contributed by atoms with Crippen molar-refractivity contribution in [2.75, 3.05) is 18.4 Å². The average molecular weight is 483 g/mol. The van der Waals surface area contributed by atoms with E-state index in [0.29, 0.717) is 24.0 Å². The van der Waals surface area contributed by atoms with Gasteiger partial charge in [-0.15, -0.1) is 0 Å². The molecule has 0 aliphatic carbocycles. The van der Waals surface area contributed by atoms with Gasteiger partial charge in [0.2, 0.25) is 10.0 Å². The summed E-state index contributed by atoms with van der Waals surface area (Å²) in [5.41, 5.74) is 0.986. The molecule has 3 heterocycles. The Labute approximate surface area is 195 Å². The maximum Gasteiger partial charge on any atom is 0.274 e. The standard InChI is InChI=1S/C23H22N4O4S2/c1-26-15-18(33(29,30)27-11-5-6-12-27)14-20(26)22(28)25-23-24-19-10-9-17(13-21(19)32-23)31-16-7-3-2-4-8-16/h2-4,7-10,13-15H,5-6,11-12H2,1H3,(H,24,25,28). The molecule has 5 rings (SSSR count). The number of amides is 1. The third kappa shape index (κ3) is 4.37. The molecule has 1 fully saturated rings. The number of thiazole rings is 1. The minimum atomic E-state index is -3.59. The summed E-state index contributed by atoms with van der Waals surface area (Å²) >= 11 is 1.32. The van der Waals surface area contributed by atoms with Crippen molar-refractivity contribution in [3.63, 3.8) is 0 Å². The Hall–Kier alpha value is -3.21. The first-order valence-electron chi connectivity index (χ1n) is 10.5. The molecule has 1 saturated heterocycles. The van der Waals surface area contributed by atoms with E-state index in [1.165, 1.54) is 32.5 Å². The van der Waals surface area contributed by atoms with Crippen LogP contribution in [0.2, 0.25) is 0 Å². The lowest BCUT2D eigenvalue weighted by Gasteiger charge is -2.13. The Balaban J connectivity index is 1.34. The van der Waals surface area contributed by atoms with Crippen LogP contribution in [0.4, 0.5) is 5.13 Å². The number of rotatable bonds is 6. The molecule has 0 saturated carbocycles. The van der Waals surface area contributed by atoms with Crippen molar-refractivity contribution in [3.8, 4) is 11.5 Å². The molecule has 10 heteroatoms. The van der Waals surface area contributed by atoms with E-state index in [1.807, 2.05) is 48.5 Å². The van der Waals surface area contributed by atoms with E-state index in [4.69, 9.17) is 4.74 Å². The molecular formula is C23H22N4O4S2. The Morgan fingerprint density at radius 3 is 2.58 bits per heavy atom. The highest BCUT2D eigenvalue weighted by molar-refractivity contribution is 7.89. The normalized spacial score (nSPS) is 14.6. The second-order valence-corrected chi connectivity index (χ2v) is 10.8. The number of ether oxygens (including phenoxy) is 1. The summed E-state index contributed by atoms with van der Waals surface area (Å²) in [4.78, 5) is 17.5. The lowest BCUT2D eigenvalue weighted by molar-refractivity contribution is 0.101. The fourth-order valence-electron chi connectivity index (χ4n) is 3.79. The average Bonchev–Trinajstić information content (AvgIpc) is 3.54. The predicted octanol–water partition coefficient (Wildman–Crippen LogP) is 4.46. The van der Waals surface area contributed by atoms with Gasteiger partial charge in [0.15, 0.2) is 5.13 Å². The van der Waals surface area contributed by atoms with E-state index in [9.17, 15) is 13.2 Å². The summed E-state index contributed by atoms with van der Waals surface area (Å²) in [6.07, 6.45) is 3.19. The van der Waals surface area contributed by atoms with Crippen LogP contribution in [0.1, 0.15) is 23.3 Å². The largest absolute Gasteiger partial charge is 0.457 e. The van der Waals surface area contributed by atoms with E-state index < -0.39 is 15.9 Å². The zero-order chi connectivity index (χ0) is 23.0. The van der Waals surface area contributed by atoms with Crippen molar-refractivity contribution in [2.24, 2.45) is 7.05 Å². The smallest absolute Gasteiger partial charge is 0.274 e. The highest BCUT2D eigenvalue weighted by atomic mass is 32.2. The summed E-state index contributed by atoms with van der Waals surface area (Å²) in [5.74, 6) is 0.993. The molecular weight excluding hydrogens is 460 g/mol. The van der Waals surface area contributed by atoms with Gasteiger partial charge in [-0.25, -0.2) is 13.4 Å². The van der Waals surface area contributed by atoms with Crippen molar-refractivity contribution in [1.82, 2.24) is 13.9 Å². The van der Waals surface area contributed by atoms with Gasteiger partial charge in [0.1, 0.15) is 22.1 Å². The Bertz CT molecular complexity index is 1420. The lowest BCUT2D eigenvalue weighted by Crippen LogP contribution is -2.27. The molecule has 2 aromatic heterocycles. The molecule has 1 N–H and O–H groups in total. The van der Waals surface area contributed by atoms with Gasteiger partial charge in [-0.3, -0.25) is 10.1 Å². The molecule has 1 amide bonds. The number of hydrogen-bond acceptors (Lipinski definition) is 6. The second-order valence-electron chi connectivity index (χ2n) is 7.80. The highest BCUT2D eigenvalue weighted by Crippen LogP contribution is 2.31. The summed E-state index contributed by atoms with van der Waals surface area (Å²) < 4.78 is 35.4. The van der Waals surface area contributed by atoms with E-state index in [0.717, 1.165) is 28.8 Å². The van der Waals surface area contributed by atoms with Crippen LogP contribution in [0.25, 0.3) is 10.2 Å². The second kappa shape index (κ2) is 8.62. The molecule has 0 bridgehead atoms. The number of nitrogens with one attached hydrogen (secondary N) is 1. The van der Waals surface area contributed by atoms with Gasteiger partial charge >= 0.3 is 0 Å². The fraction of sp³-hybridized carbons (Fsp3) is 0.217. The molecule has 0 atom stereocenters. The van der Waals surface area contributed by atoms with E-state index in [1.54, 1.807) is 7.05 Å². The third-order valence-corrected chi connectivity index (χ3v) is 8.27. The van der Waals surface area contributed by atoms with Crippen molar-refractivity contribution >= 4 is 42.6 Å².